The quantitative estimate of drug-likeness (QED) is 0.593. The lowest BCUT2D eigenvalue weighted by Gasteiger charge is -2.08. The van der Waals surface area contributed by atoms with Crippen molar-refractivity contribution in [1.82, 2.24) is 24.5 Å². The molecule has 0 amide bonds. The van der Waals surface area contributed by atoms with E-state index >= 15 is 0 Å². The van der Waals surface area contributed by atoms with Gasteiger partial charge in [0.2, 0.25) is 0 Å². The summed E-state index contributed by atoms with van der Waals surface area (Å²) >= 11 is 6.42. The second-order valence-corrected chi connectivity index (χ2v) is 6.25. The van der Waals surface area contributed by atoms with Gasteiger partial charge in [0.15, 0.2) is 0 Å². The lowest BCUT2D eigenvalue weighted by molar-refractivity contribution is 0.440. The van der Waals surface area contributed by atoms with Gasteiger partial charge in [-0.05, 0) is 30.7 Å². The maximum Gasteiger partial charge on any atom is 0.322 e. The van der Waals surface area contributed by atoms with Crippen molar-refractivity contribution < 1.29 is 4.74 Å². The fourth-order valence-corrected chi connectivity index (χ4v) is 3.00. The summed E-state index contributed by atoms with van der Waals surface area (Å²) in [5.41, 5.74) is 9.42. The third-order valence-corrected chi connectivity index (χ3v) is 4.29. The second kappa shape index (κ2) is 6.27. The number of ether oxygens (including phenoxy) is 1. The molecule has 0 aliphatic heterocycles. The average Bonchev–Trinajstić information content (AvgIpc) is 2.95. The van der Waals surface area contributed by atoms with Gasteiger partial charge in [-0.3, -0.25) is 0 Å². The zero-order valence-electron chi connectivity index (χ0n) is 14.1. The summed E-state index contributed by atoms with van der Waals surface area (Å²) in [6.07, 6.45) is 5.04. The van der Waals surface area contributed by atoms with Crippen molar-refractivity contribution in [3.63, 3.8) is 0 Å². The standard InChI is InChI=1S/C18H15ClN6O/c1-10-5-6-21-18(24-10)26-14-4-3-11(7-13(14)19)12-8-25(2)17-15(12)16(20)22-9-23-17/h3-9H,1-2H3,(H2,20,22,23). The number of benzene rings is 1. The minimum atomic E-state index is 0.252. The first-order chi connectivity index (χ1) is 12.5. The Morgan fingerprint density at radius 2 is 2.00 bits per heavy atom. The van der Waals surface area contributed by atoms with Gasteiger partial charge in [-0.15, -0.1) is 0 Å². The zero-order chi connectivity index (χ0) is 18.3. The molecule has 3 heterocycles. The summed E-state index contributed by atoms with van der Waals surface area (Å²) in [4.78, 5) is 16.7. The van der Waals surface area contributed by atoms with Crippen LogP contribution in [0.5, 0.6) is 11.8 Å². The predicted molar refractivity (Wildman–Crippen MR) is 100 cm³/mol. The van der Waals surface area contributed by atoms with Gasteiger partial charge in [-0.25, -0.2) is 19.9 Å². The van der Waals surface area contributed by atoms with E-state index in [2.05, 4.69) is 19.9 Å². The van der Waals surface area contributed by atoms with Gasteiger partial charge in [0.05, 0.1) is 10.4 Å². The summed E-state index contributed by atoms with van der Waals surface area (Å²) < 4.78 is 7.59. The number of nitrogens with zero attached hydrogens (tertiary/aromatic N) is 5. The van der Waals surface area contributed by atoms with Crippen LogP contribution in [0.3, 0.4) is 0 Å². The molecule has 2 N–H and O–H groups in total. The van der Waals surface area contributed by atoms with Crippen molar-refractivity contribution in [3.8, 4) is 22.9 Å². The molecule has 0 unspecified atom stereocenters. The fourth-order valence-electron chi connectivity index (χ4n) is 2.78. The summed E-state index contributed by atoms with van der Waals surface area (Å²) in [7, 11) is 1.91. The number of halogens is 1. The first kappa shape index (κ1) is 16.3. The Hall–Kier alpha value is -3.19. The van der Waals surface area contributed by atoms with E-state index in [9.17, 15) is 0 Å². The Morgan fingerprint density at radius 1 is 1.15 bits per heavy atom. The van der Waals surface area contributed by atoms with Crippen LogP contribution in [-0.4, -0.2) is 24.5 Å². The van der Waals surface area contributed by atoms with E-state index in [1.165, 1.54) is 6.33 Å². The van der Waals surface area contributed by atoms with Crippen molar-refractivity contribution in [3.05, 3.63) is 53.7 Å². The number of nitrogen functional groups attached to an aromatic ring is 1. The van der Waals surface area contributed by atoms with E-state index in [1.54, 1.807) is 18.3 Å². The smallest absolute Gasteiger partial charge is 0.322 e. The van der Waals surface area contributed by atoms with Gasteiger partial charge >= 0.3 is 6.01 Å². The Kier molecular flexibility index (Phi) is 3.93. The molecule has 4 rings (SSSR count). The Balaban J connectivity index is 1.75. The number of nitrogens with two attached hydrogens (primary N) is 1. The van der Waals surface area contributed by atoms with Crippen LogP contribution in [0.2, 0.25) is 5.02 Å². The highest BCUT2D eigenvalue weighted by Crippen LogP contribution is 2.36. The third kappa shape index (κ3) is 2.82. The minimum absolute atomic E-state index is 0.252. The van der Waals surface area contributed by atoms with Crippen molar-refractivity contribution in [2.75, 3.05) is 5.73 Å². The molecule has 4 aromatic rings. The Morgan fingerprint density at radius 3 is 2.77 bits per heavy atom. The van der Waals surface area contributed by atoms with Crippen LogP contribution in [-0.2, 0) is 7.05 Å². The molecule has 0 saturated carbocycles. The number of hydrogen-bond donors (Lipinski definition) is 1. The van der Waals surface area contributed by atoms with Gasteiger partial charge in [-0.1, -0.05) is 17.7 Å². The van der Waals surface area contributed by atoms with Gasteiger partial charge in [-0.2, -0.15) is 0 Å². The summed E-state index contributed by atoms with van der Waals surface area (Å²) in [5, 5.41) is 1.24. The highest BCUT2D eigenvalue weighted by Gasteiger charge is 2.15. The van der Waals surface area contributed by atoms with Gasteiger partial charge in [0.25, 0.3) is 0 Å². The van der Waals surface area contributed by atoms with E-state index in [4.69, 9.17) is 22.1 Å². The first-order valence-electron chi connectivity index (χ1n) is 7.86. The topological polar surface area (TPSA) is 91.7 Å². The fraction of sp³-hybridized carbons (Fsp3) is 0.111. The second-order valence-electron chi connectivity index (χ2n) is 5.84. The predicted octanol–water partition coefficient (Wildman–Crippen LogP) is 3.76. The van der Waals surface area contributed by atoms with Crippen LogP contribution >= 0.6 is 11.6 Å². The molecule has 0 radical (unpaired) electrons. The van der Waals surface area contributed by atoms with Crippen LogP contribution in [0, 0.1) is 6.92 Å². The van der Waals surface area contributed by atoms with Crippen LogP contribution in [0.15, 0.2) is 43.0 Å². The van der Waals surface area contributed by atoms with E-state index in [0.29, 0.717) is 16.6 Å². The normalized spacial score (nSPS) is 11.0. The number of aryl methyl sites for hydroxylation is 2. The summed E-state index contributed by atoms with van der Waals surface area (Å²) in [6, 6.07) is 7.54. The molecule has 0 bridgehead atoms. The number of aromatic nitrogens is 5. The molecular formula is C18H15ClN6O. The molecule has 7 nitrogen and oxygen atoms in total. The molecule has 130 valence electrons. The molecule has 0 atom stereocenters. The van der Waals surface area contributed by atoms with Gasteiger partial charge in [0, 0.05) is 30.7 Å². The number of fused-ring (bicyclic) bond motifs is 1. The lowest BCUT2D eigenvalue weighted by Crippen LogP contribution is -1.95. The maximum absolute atomic E-state index is 6.42. The molecule has 0 aliphatic rings. The highest BCUT2D eigenvalue weighted by atomic mass is 35.5. The molecule has 0 fully saturated rings. The third-order valence-electron chi connectivity index (χ3n) is 4.00. The van der Waals surface area contributed by atoms with E-state index < -0.39 is 0 Å². The number of anilines is 1. The molecule has 8 heteroatoms. The molecule has 0 spiro atoms. The van der Waals surface area contributed by atoms with Gasteiger partial charge < -0.3 is 15.0 Å². The minimum Gasteiger partial charge on any atom is -0.423 e. The SMILES string of the molecule is Cc1ccnc(Oc2ccc(-c3cn(C)c4ncnc(N)c34)cc2Cl)n1. The average molecular weight is 367 g/mol. The van der Waals surface area contributed by atoms with Crippen molar-refractivity contribution >= 4 is 28.5 Å². The maximum atomic E-state index is 6.42. The number of hydrogen-bond acceptors (Lipinski definition) is 6. The largest absolute Gasteiger partial charge is 0.423 e. The van der Waals surface area contributed by atoms with Crippen molar-refractivity contribution in [2.24, 2.45) is 7.05 Å². The summed E-state index contributed by atoms with van der Waals surface area (Å²) in [6.45, 7) is 1.87. The van der Waals surface area contributed by atoms with E-state index in [0.717, 1.165) is 27.9 Å². The Labute approximate surface area is 154 Å². The van der Waals surface area contributed by atoms with Crippen LogP contribution in [0.25, 0.3) is 22.2 Å². The molecular weight excluding hydrogens is 352 g/mol. The first-order valence-corrected chi connectivity index (χ1v) is 8.23. The van der Waals surface area contributed by atoms with E-state index in [-0.39, 0.29) is 6.01 Å². The summed E-state index contributed by atoms with van der Waals surface area (Å²) in [5.74, 6) is 0.903. The van der Waals surface area contributed by atoms with Crippen molar-refractivity contribution in [2.45, 2.75) is 6.92 Å². The van der Waals surface area contributed by atoms with Gasteiger partial charge in [0.1, 0.15) is 23.5 Å². The number of rotatable bonds is 3. The Bertz CT molecular complexity index is 1120. The molecule has 3 aromatic heterocycles. The van der Waals surface area contributed by atoms with Crippen LogP contribution in [0.4, 0.5) is 5.82 Å². The van der Waals surface area contributed by atoms with Crippen LogP contribution < -0.4 is 10.5 Å². The zero-order valence-corrected chi connectivity index (χ0v) is 14.9. The molecule has 0 aliphatic carbocycles. The van der Waals surface area contributed by atoms with Crippen molar-refractivity contribution in [1.29, 1.82) is 0 Å². The highest BCUT2D eigenvalue weighted by molar-refractivity contribution is 6.32. The molecule has 0 saturated heterocycles. The molecule has 26 heavy (non-hydrogen) atoms. The monoisotopic (exact) mass is 366 g/mol. The lowest BCUT2D eigenvalue weighted by atomic mass is 10.1. The molecule has 1 aromatic carbocycles. The van der Waals surface area contributed by atoms with E-state index in [1.807, 2.05) is 36.9 Å². The van der Waals surface area contributed by atoms with Crippen LogP contribution in [0.1, 0.15) is 5.69 Å².